The first-order valence-electron chi connectivity index (χ1n) is 6.63. The molecule has 1 amide bonds. The Labute approximate surface area is 119 Å². The summed E-state index contributed by atoms with van der Waals surface area (Å²) < 4.78 is 10.0. The van der Waals surface area contributed by atoms with Crippen LogP contribution in [0.1, 0.15) is 30.1 Å². The highest BCUT2D eigenvalue weighted by molar-refractivity contribution is 5.94. The third-order valence-electron chi connectivity index (χ3n) is 2.78. The van der Waals surface area contributed by atoms with Gasteiger partial charge in [0, 0.05) is 19.2 Å². The van der Waals surface area contributed by atoms with Gasteiger partial charge >= 0.3 is 5.97 Å². The van der Waals surface area contributed by atoms with Crippen LogP contribution in [0.2, 0.25) is 0 Å². The van der Waals surface area contributed by atoms with Crippen molar-refractivity contribution in [2.24, 2.45) is 0 Å². The maximum absolute atomic E-state index is 12.2. The maximum atomic E-state index is 12.2. The third kappa shape index (κ3) is 4.91. The molecule has 0 N–H and O–H groups in total. The predicted molar refractivity (Wildman–Crippen MR) is 75.8 cm³/mol. The number of benzene rings is 1. The molecule has 0 radical (unpaired) electrons. The Bertz CT molecular complexity index is 459. The molecule has 0 heterocycles. The summed E-state index contributed by atoms with van der Waals surface area (Å²) >= 11 is 0. The van der Waals surface area contributed by atoms with Gasteiger partial charge in [-0.1, -0.05) is 13.0 Å². The lowest BCUT2D eigenvalue weighted by Gasteiger charge is -2.17. The second-order valence-corrected chi connectivity index (χ2v) is 4.43. The van der Waals surface area contributed by atoms with Crippen LogP contribution in [0.25, 0.3) is 0 Å². The summed E-state index contributed by atoms with van der Waals surface area (Å²) in [5.41, 5.74) is 0.547. The Morgan fingerprint density at radius 3 is 2.70 bits per heavy atom. The van der Waals surface area contributed by atoms with Crippen LogP contribution in [0.3, 0.4) is 0 Å². The molecule has 0 aliphatic heterocycles. The summed E-state index contributed by atoms with van der Waals surface area (Å²) in [4.78, 5) is 24.8. The minimum Gasteiger partial charge on any atom is -0.494 e. The van der Waals surface area contributed by atoms with Crippen molar-refractivity contribution in [2.45, 2.75) is 19.8 Å². The Morgan fingerprint density at radius 1 is 1.30 bits per heavy atom. The predicted octanol–water partition coefficient (Wildman–Crippen LogP) is 2.11. The molecule has 5 nitrogen and oxygen atoms in total. The zero-order valence-electron chi connectivity index (χ0n) is 12.2. The van der Waals surface area contributed by atoms with Crippen LogP contribution in [-0.4, -0.2) is 44.1 Å². The van der Waals surface area contributed by atoms with E-state index in [1.54, 1.807) is 25.2 Å². The molecule has 0 fully saturated rings. The molecule has 0 saturated carbocycles. The van der Waals surface area contributed by atoms with E-state index in [4.69, 9.17) is 4.74 Å². The molecule has 5 heteroatoms. The van der Waals surface area contributed by atoms with Gasteiger partial charge in [0.05, 0.1) is 20.1 Å². The zero-order chi connectivity index (χ0) is 15.0. The van der Waals surface area contributed by atoms with Crippen LogP contribution >= 0.6 is 0 Å². The Balaban J connectivity index is 2.63. The van der Waals surface area contributed by atoms with Crippen molar-refractivity contribution >= 4 is 11.9 Å². The van der Waals surface area contributed by atoms with E-state index in [1.165, 1.54) is 12.0 Å². The first kappa shape index (κ1) is 16.0. The largest absolute Gasteiger partial charge is 0.494 e. The molecular formula is C15H21NO4. The van der Waals surface area contributed by atoms with Crippen molar-refractivity contribution in [1.29, 1.82) is 0 Å². The maximum Gasteiger partial charge on any atom is 0.307 e. The molecule has 0 atom stereocenters. The molecule has 0 bridgehead atoms. The number of ether oxygens (including phenoxy) is 2. The average Bonchev–Trinajstić information content (AvgIpc) is 2.49. The van der Waals surface area contributed by atoms with Gasteiger partial charge in [0.1, 0.15) is 5.75 Å². The molecule has 20 heavy (non-hydrogen) atoms. The van der Waals surface area contributed by atoms with Crippen molar-refractivity contribution < 1.29 is 19.1 Å². The topological polar surface area (TPSA) is 55.8 Å². The van der Waals surface area contributed by atoms with Gasteiger partial charge in [-0.25, -0.2) is 0 Å². The molecule has 0 spiro atoms. The van der Waals surface area contributed by atoms with E-state index < -0.39 is 0 Å². The Morgan fingerprint density at radius 2 is 2.05 bits per heavy atom. The lowest BCUT2D eigenvalue weighted by molar-refractivity contribution is -0.140. The normalized spacial score (nSPS) is 9.95. The van der Waals surface area contributed by atoms with Crippen LogP contribution < -0.4 is 4.74 Å². The van der Waals surface area contributed by atoms with Crippen molar-refractivity contribution in [3.63, 3.8) is 0 Å². The average molecular weight is 279 g/mol. The second-order valence-electron chi connectivity index (χ2n) is 4.43. The van der Waals surface area contributed by atoms with Crippen LogP contribution in [0, 0.1) is 0 Å². The zero-order valence-corrected chi connectivity index (χ0v) is 12.2. The Kier molecular flexibility index (Phi) is 6.56. The minimum atomic E-state index is -0.329. The number of methoxy groups -OCH3 is 1. The number of esters is 1. The molecule has 1 aromatic carbocycles. The van der Waals surface area contributed by atoms with E-state index in [-0.39, 0.29) is 18.3 Å². The van der Waals surface area contributed by atoms with Crippen LogP contribution in [0.15, 0.2) is 24.3 Å². The fraction of sp³-hybridized carbons (Fsp3) is 0.467. The number of carbonyl (C=O) groups is 2. The van der Waals surface area contributed by atoms with Gasteiger partial charge in [0.25, 0.3) is 5.91 Å². The number of hydrogen-bond donors (Lipinski definition) is 0. The summed E-state index contributed by atoms with van der Waals surface area (Å²) in [5.74, 6) is 0.208. The molecule has 0 aliphatic rings. The van der Waals surface area contributed by atoms with E-state index in [0.29, 0.717) is 24.5 Å². The van der Waals surface area contributed by atoms with Gasteiger partial charge in [-0.15, -0.1) is 0 Å². The Hall–Kier alpha value is -2.04. The SMILES string of the molecule is CCCOc1cccc(C(=O)N(C)CCC(=O)OC)c1. The summed E-state index contributed by atoms with van der Waals surface area (Å²) in [6.07, 6.45) is 1.10. The number of hydrogen-bond acceptors (Lipinski definition) is 4. The summed E-state index contributed by atoms with van der Waals surface area (Å²) in [6, 6.07) is 7.05. The molecular weight excluding hydrogens is 258 g/mol. The second kappa shape index (κ2) is 8.19. The molecule has 1 rings (SSSR count). The first-order valence-corrected chi connectivity index (χ1v) is 6.63. The molecule has 0 unspecified atom stereocenters. The third-order valence-corrected chi connectivity index (χ3v) is 2.78. The molecule has 0 saturated heterocycles. The number of amides is 1. The van der Waals surface area contributed by atoms with Crippen molar-refractivity contribution in [1.82, 2.24) is 4.90 Å². The lowest BCUT2D eigenvalue weighted by Crippen LogP contribution is -2.29. The fourth-order valence-corrected chi connectivity index (χ4v) is 1.62. The molecule has 0 aromatic heterocycles. The fourth-order valence-electron chi connectivity index (χ4n) is 1.62. The minimum absolute atomic E-state index is 0.143. The number of carbonyl (C=O) groups excluding carboxylic acids is 2. The van der Waals surface area contributed by atoms with E-state index in [2.05, 4.69) is 4.74 Å². The van der Waals surface area contributed by atoms with Gasteiger partial charge in [-0.2, -0.15) is 0 Å². The van der Waals surface area contributed by atoms with Gasteiger partial charge < -0.3 is 14.4 Å². The lowest BCUT2D eigenvalue weighted by atomic mass is 10.2. The highest BCUT2D eigenvalue weighted by Crippen LogP contribution is 2.15. The van der Waals surface area contributed by atoms with Crippen molar-refractivity contribution in [3.05, 3.63) is 29.8 Å². The number of nitrogens with zero attached hydrogens (tertiary/aromatic N) is 1. The van der Waals surface area contributed by atoms with Crippen molar-refractivity contribution in [2.75, 3.05) is 27.3 Å². The van der Waals surface area contributed by atoms with E-state index in [1.807, 2.05) is 13.0 Å². The monoisotopic (exact) mass is 279 g/mol. The first-order chi connectivity index (χ1) is 9.58. The summed E-state index contributed by atoms with van der Waals surface area (Å²) in [7, 11) is 2.99. The van der Waals surface area contributed by atoms with E-state index >= 15 is 0 Å². The summed E-state index contributed by atoms with van der Waals surface area (Å²) in [5, 5.41) is 0. The number of rotatable bonds is 7. The van der Waals surface area contributed by atoms with Gasteiger partial charge in [-0.3, -0.25) is 9.59 Å². The highest BCUT2D eigenvalue weighted by atomic mass is 16.5. The highest BCUT2D eigenvalue weighted by Gasteiger charge is 2.13. The van der Waals surface area contributed by atoms with E-state index in [0.717, 1.165) is 6.42 Å². The van der Waals surface area contributed by atoms with E-state index in [9.17, 15) is 9.59 Å². The molecule has 110 valence electrons. The van der Waals surface area contributed by atoms with Gasteiger partial charge in [0.15, 0.2) is 0 Å². The van der Waals surface area contributed by atoms with Crippen LogP contribution in [0.4, 0.5) is 0 Å². The smallest absolute Gasteiger partial charge is 0.307 e. The van der Waals surface area contributed by atoms with Crippen LogP contribution in [-0.2, 0) is 9.53 Å². The quantitative estimate of drug-likeness (QED) is 0.717. The molecule has 1 aromatic rings. The standard InChI is InChI=1S/C15H21NO4/c1-4-10-20-13-7-5-6-12(11-13)15(18)16(2)9-8-14(17)19-3/h5-7,11H,4,8-10H2,1-3H3. The van der Waals surface area contributed by atoms with Gasteiger partial charge in [0.2, 0.25) is 0 Å². The van der Waals surface area contributed by atoms with Gasteiger partial charge in [-0.05, 0) is 24.6 Å². The molecule has 0 aliphatic carbocycles. The summed E-state index contributed by atoms with van der Waals surface area (Å²) in [6.45, 7) is 2.97. The van der Waals surface area contributed by atoms with Crippen molar-refractivity contribution in [3.8, 4) is 5.75 Å². The van der Waals surface area contributed by atoms with Crippen LogP contribution in [0.5, 0.6) is 5.75 Å².